The van der Waals surface area contributed by atoms with Crippen molar-refractivity contribution in [3.8, 4) is 0 Å². The third-order valence-corrected chi connectivity index (χ3v) is 1.04. The van der Waals surface area contributed by atoms with Gasteiger partial charge in [0.15, 0.2) is 0 Å². The van der Waals surface area contributed by atoms with Crippen molar-refractivity contribution in [2.24, 2.45) is 11.5 Å². The summed E-state index contributed by atoms with van der Waals surface area (Å²) in [6.45, 7) is 0. The lowest BCUT2D eigenvalue weighted by Crippen LogP contribution is -2.32. The molecule has 1 atom stereocenters. The second-order valence-corrected chi connectivity index (χ2v) is 1.98. The summed E-state index contributed by atoms with van der Waals surface area (Å²) in [5.41, 5.74) is 16.4. The molecule has 57 valence electrons. The fourth-order valence-corrected chi connectivity index (χ4v) is 0.429. The molecular formula is C5H10N3O2. The van der Waals surface area contributed by atoms with Crippen LogP contribution in [0.4, 0.5) is 0 Å². The fourth-order valence-electron chi connectivity index (χ4n) is 0.429. The number of rotatable bonds is 4. The molecule has 2 amide bonds. The Kier molecular flexibility index (Phi) is 3.42. The SMILES string of the molecule is [NH]C(=O)[C@@H](N)CCC(N)=O. The zero-order chi connectivity index (χ0) is 8.15. The molecular weight excluding hydrogens is 134 g/mol. The van der Waals surface area contributed by atoms with Gasteiger partial charge in [-0.1, -0.05) is 0 Å². The van der Waals surface area contributed by atoms with Crippen LogP contribution in [0.15, 0.2) is 0 Å². The molecule has 1 radical (unpaired) electrons. The molecule has 0 saturated heterocycles. The van der Waals surface area contributed by atoms with Crippen molar-refractivity contribution in [3.63, 3.8) is 0 Å². The highest BCUT2D eigenvalue weighted by atomic mass is 16.1. The Morgan fingerprint density at radius 1 is 1.50 bits per heavy atom. The highest BCUT2D eigenvalue weighted by molar-refractivity contribution is 5.80. The minimum absolute atomic E-state index is 0.0613. The molecule has 0 aromatic rings. The normalized spacial score (nSPS) is 12.5. The van der Waals surface area contributed by atoms with E-state index in [1.807, 2.05) is 0 Å². The molecule has 0 unspecified atom stereocenters. The second kappa shape index (κ2) is 3.84. The van der Waals surface area contributed by atoms with Crippen molar-refractivity contribution < 1.29 is 9.59 Å². The van der Waals surface area contributed by atoms with E-state index in [-0.39, 0.29) is 12.8 Å². The smallest absolute Gasteiger partial charge is 0.255 e. The van der Waals surface area contributed by atoms with Gasteiger partial charge in [-0.3, -0.25) is 15.3 Å². The minimum Gasteiger partial charge on any atom is -0.370 e. The second-order valence-electron chi connectivity index (χ2n) is 1.98. The van der Waals surface area contributed by atoms with E-state index in [0.717, 1.165) is 0 Å². The number of carbonyl (C=O) groups excluding carboxylic acids is 2. The quantitative estimate of drug-likeness (QED) is 0.495. The predicted octanol–water partition coefficient (Wildman–Crippen LogP) is -1.61. The number of nitrogens with one attached hydrogen (secondary N) is 1. The van der Waals surface area contributed by atoms with Crippen molar-refractivity contribution in [2.45, 2.75) is 18.9 Å². The molecule has 0 bridgehead atoms. The summed E-state index contributed by atoms with van der Waals surface area (Å²) in [7, 11) is 0. The lowest BCUT2D eigenvalue weighted by atomic mass is 10.1. The van der Waals surface area contributed by atoms with Crippen LogP contribution in [0.2, 0.25) is 0 Å². The number of hydrogen-bond donors (Lipinski definition) is 2. The molecule has 5 heteroatoms. The zero-order valence-corrected chi connectivity index (χ0v) is 5.46. The zero-order valence-electron chi connectivity index (χ0n) is 5.46. The molecule has 0 aliphatic carbocycles. The van der Waals surface area contributed by atoms with Crippen LogP contribution in [0.25, 0.3) is 0 Å². The molecule has 10 heavy (non-hydrogen) atoms. The molecule has 0 aliphatic rings. The lowest BCUT2D eigenvalue weighted by molar-refractivity contribution is -0.120. The van der Waals surface area contributed by atoms with Crippen molar-refractivity contribution in [2.75, 3.05) is 0 Å². The Balaban J connectivity index is 3.49. The predicted molar refractivity (Wildman–Crippen MR) is 34.5 cm³/mol. The van der Waals surface area contributed by atoms with Crippen molar-refractivity contribution in [1.29, 1.82) is 0 Å². The molecule has 0 aliphatic heterocycles. The maximum absolute atomic E-state index is 10.1. The molecule has 5 nitrogen and oxygen atoms in total. The van der Waals surface area contributed by atoms with Gasteiger partial charge in [0.25, 0.3) is 5.91 Å². The van der Waals surface area contributed by atoms with Crippen LogP contribution in [0, 0.1) is 0 Å². The molecule has 0 spiro atoms. The first kappa shape index (κ1) is 8.90. The van der Waals surface area contributed by atoms with Gasteiger partial charge in [0.05, 0.1) is 6.04 Å². The van der Waals surface area contributed by atoms with Crippen LogP contribution >= 0.6 is 0 Å². The molecule has 0 aromatic heterocycles. The van der Waals surface area contributed by atoms with E-state index in [2.05, 4.69) is 0 Å². The van der Waals surface area contributed by atoms with E-state index < -0.39 is 17.9 Å². The van der Waals surface area contributed by atoms with Gasteiger partial charge in [0.1, 0.15) is 0 Å². The van der Waals surface area contributed by atoms with E-state index in [1.165, 1.54) is 0 Å². The summed E-state index contributed by atoms with van der Waals surface area (Å²) >= 11 is 0. The van der Waals surface area contributed by atoms with Crippen LogP contribution in [-0.2, 0) is 9.59 Å². The average molecular weight is 144 g/mol. The summed E-state index contributed by atoms with van der Waals surface area (Å²) in [6.07, 6.45) is 0.226. The van der Waals surface area contributed by atoms with Gasteiger partial charge >= 0.3 is 0 Å². The number of primary amides is 1. The van der Waals surface area contributed by atoms with E-state index in [0.29, 0.717) is 0 Å². The van der Waals surface area contributed by atoms with E-state index in [1.54, 1.807) is 0 Å². The first-order valence-electron chi connectivity index (χ1n) is 2.83. The van der Waals surface area contributed by atoms with Crippen LogP contribution in [0.5, 0.6) is 0 Å². The Morgan fingerprint density at radius 3 is 2.30 bits per heavy atom. The van der Waals surface area contributed by atoms with E-state index >= 15 is 0 Å². The Morgan fingerprint density at radius 2 is 2.00 bits per heavy atom. The number of carbonyl (C=O) groups is 2. The summed E-state index contributed by atoms with van der Waals surface area (Å²) in [5.74, 6) is -1.36. The van der Waals surface area contributed by atoms with Crippen LogP contribution in [0.1, 0.15) is 12.8 Å². The molecule has 0 heterocycles. The summed E-state index contributed by atoms with van der Waals surface area (Å²) < 4.78 is 0. The third kappa shape index (κ3) is 3.85. The fraction of sp³-hybridized carbons (Fsp3) is 0.600. The van der Waals surface area contributed by atoms with Gasteiger partial charge in [-0.25, -0.2) is 0 Å². The highest BCUT2D eigenvalue weighted by Crippen LogP contribution is 1.92. The minimum atomic E-state index is -0.868. The first-order valence-corrected chi connectivity index (χ1v) is 2.83. The largest absolute Gasteiger partial charge is 0.370 e. The van der Waals surface area contributed by atoms with Crippen molar-refractivity contribution >= 4 is 11.8 Å². The van der Waals surface area contributed by atoms with Gasteiger partial charge in [-0.2, -0.15) is 0 Å². The third-order valence-electron chi connectivity index (χ3n) is 1.04. The summed E-state index contributed by atoms with van der Waals surface area (Å²) in [4.78, 5) is 20.3. The molecule has 5 N–H and O–H groups in total. The Hall–Kier alpha value is -1.10. The highest BCUT2D eigenvalue weighted by Gasteiger charge is 2.10. The standard InChI is InChI=1S/C5H10N3O2/c6-3(5(8)10)1-2-4(7)9/h3,8H,1-2,6H2,(H2,7,9)/t3-/m0/s1. The summed E-state index contributed by atoms with van der Waals surface area (Å²) in [6, 6.07) is -0.868. The number of amides is 2. The maximum atomic E-state index is 10.1. The van der Waals surface area contributed by atoms with Crippen LogP contribution < -0.4 is 17.2 Å². The molecule has 0 fully saturated rings. The Labute approximate surface area is 58.5 Å². The van der Waals surface area contributed by atoms with Gasteiger partial charge in [-0.05, 0) is 6.42 Å². The number of nitrogens with two attached hydrogens (primary N) is 2. The van der Waals surface area contributed by atoms with Crippen LogP contribution in [-0.4, -0.2) is 17.9 Å². The number of hydrogen-bond acceptors (Lipinski definition) is 3. The molecule has 0 rings (SSSR count). The monoisotopic (exact) mass is 144 g/mol. The van der Waals surface area contributed by atoms with E-state index in [9.17, 15) is 9.59 Å². The Bertz CT molecular complexity index is 146. The average Bonchev–Trinajstić information content (AvgIpc) is 1.82. The van der Waals surface area contributed by atoms with Gasteiger partial charge in [-0.15, -0.1) is 0 Å². The van der Waals surface area contributed by atoms with Crippen LogP contribution in [0.3, 0.4) is 0 Å². The summed E-state index contributed by atoms with van der Waals surface area (Å²) in [5, 5.41) is 0. The molecule has 0 aromatic carbocycles. The van der Waals surface area contributed by atoms with Crippen molar-refractivity contribution in [3.05, 3.63) is 0 Å². The van der Waals surface area contributed by atoms with Gasteiger partial charge < -0.3 is 11.5 Å². The first-order chi connectivity index (χ1) is 4.54. The van der Waals surface area contributed by atoms with Gasteiger partial charge in [0, 0.05) is 6.42 Å². The maximum Gasteiger partial charge on any atom is 0.255 e. The van der Waals surface area contributed by atoms with Gasteiger partial charge in [0.2, 0.25) is 5.91 Å². The van der Waals surface area contributed by atoms with E-state index in [4.69, 9.17) is 17.2 Å². The van der Waals surface area contributed by atoms with Crippen molar-refractivity contribution in [1.82, 2.24) is 5.73 Å². The lowest BCUT2D eigenvalue weighted by Gasteiger charge is -2.02. The molecule has 0 saturated carbocycles. The topological polar surface area (TPSA) is 110 Å².